The largest absolute Gasteiger partial charge is 0.356 e. The quantitative estimate of drug-likeness (QED) is 0.848. The average molecular weight is 277 g/mol. The van der Waals surface area contributed by atoms with E-state index in [1.807, 2.05) is 4.90 Å². The number of nitrogens with zero attached hydrogens (tertiary/aromatic N) is 2. The summed E-state index contributed by atoms with van der Waals surface area (Å²) in [4.78, 5) is 25.5. The zero-order valence-electron chi connectivity index (χ0n) is 12.2. The summed E-state index contributed by atoms with van der Waals surface area (Å²) in [5.74, 6) is 0.302. The Morgan fingerprint density at radius 1 is 1.35 bits per heavy atom. The van der Waals surface area contributed by atoms with Crippen LogP contribution in [0.2, 0.25) is 0 Å². The van der Waals surface area contributed by atoms with Crippen LogP contribution in [0.3, 0.4) is 0 Å². The summed E-state index contributed by atoms with van der Waals surface area (Å²) in [6, 6.07) is 2.28. The van der Waals surface area contributed by atoms with E-state index >= 15 is 0 Å². The zero-order valence-corrected chi connectivity index (χ0v) is 12.2. The Morgan fingerprint density at radius 2 is 2.05 bits per heavy atom. The zero-order chi connectivity index (χ0) is 14.6. The monoisotopic (exact) mass is 277 g/mol. The average Bonchev–Trinajstić information content (AvgIpc) is 2.94. The molecule has 2 rings (SSSR count). The summed E-state index contributed by atoms with van der Waals surface area (Å²) in [7, 11) is 0. The Bertz CT molecular complexity index is 421. The third-order valence-corrected chi connectivity index (χ3v) is 4.53. The molecule has 5 heteroatoms. The van der Waals surface area contributed by atoms with Crippen LogP contribution in [0, 0.1) is 22.7 Å². The molecule has 1 heterocycles. The highest BCUT2D eigenvalue weighted by atomic mass is 16.2. The minimum Gasteiger partial charge on any atom is -0.356 e. The first-order valence-corrected chi connectivity index (χ1v) is 7.52. The molecule has 0 spiro atoms. The highest BCUT2D eigenvalue weighted by Crippen LogP contribution is 2.39. The van der Waals surface area contributed by atoms with Gasteiger partial charge in [-0.25, -0.2) is 0 Å². The van der Waals surface area contributed by atoms with Crippen molar-refractivity contribution in [2.75, 3.05) is 19.6 Å². The Hall–Kier alpha value is -1.57. The number of nitrogens with one attached hydrogen (secondary N) is 1. The molecule has 0 unspecified atom stereocenters. The highest BCUT2D eigenvalue weighted by Gasteiger charge is 2.44. The van der Waals surface area contributed by atoms with Crippen LogP contribution in [0.15, 0.2) is 0 Å². The number of piperidine rings is 1. The number of carbonyl (C=O) groups is 2. The molecule has 1 aliphatic heterocycles. The third kappa shape index (κ3) is 3.12. The Balaban J connectivity index is 1.96. The molecule has 0 bridgehead atoms. The molecular weight excluding hydrogens is 254 g/mol. The molecule has 0 radical (unpaired) electrons. The summed E-state index contributed by atoms with van der Waals surface area (Å²) >= 11 is 0. The van der Waals surface area contributed by atoms with Crippen LogP contribution < -0.4 is 5.32 Å². The van der Waals surface area contributed by atoms with Crippen LogP contribution in [0.4, 0.5) is 0 Å². The van der Waals surface area contributed by atoms with E-state index in [0.29, 0.717) is 31.8 Å². The predicted octanol–water partition coefficient (Wildman–Crippen LogP) is 1.45. The van der Waals surface area contributed by atoms with Crippen molar-refractivity contribution in [2.45, 2.75) is 45.4 Å². The van der Waals surface area contributed by atoms with Crippen LogP contribution in [0.25, 0.3) is 0 Å². The predicted molar refractivity (Wildman–Crippen MR) is 74.5 cm³/mol. The van der Waals surface area contributed by atoms with Gasteiger partial charge in [0.15, 0.2) is 0 Å². The molecule has 1 atom stereocenters. The van der Waals surface area contributed by atoms with Crippen molar-refractivity contribution in [3.8, 4) is 6.07 Å². The lowest BCUT2D eigenvalue weighted by molar-refractivity contribution is -0.140. The molecule has 1 N–H and O–H groups in total. The van der Waals surface area contributed by atoms with Gasteiger partial charge in [0.1, 0.15) is 5.41 Å². The van der Waals surface area contributed by atoms with Gasteiger partial charge in [-0.05, 0) is 31.6 Å². The summed E-state index contributed by atoms with van der Waals surface area (Å²) < 4.78 is 0. The summed E-state index contributed by atoms with van der Waals surface area (Å²) in [5, 5.41) is 12.2. The first kappa shape index (κ1) is 14.8. The summed E-state index contributed by atoms with van der Waals surface area (Å²) in [5.41, 5.74) is -0.768. The molecule has 2 amide bonds. The smallest absolute Gasteiger partial charge is 0.243 e. The molecule has 20 heavy (non-hydrogen) atoms. The van der Waals surface area contributed by atoms with Crippen molar-refractivity contribution < 1.29 is 9.59 Å². The number of carbonyl (C=O) groups excluding carboxylic acids is 2. The van der Waals surface area contributed by atoms with Gasteiger partial charge in [0.05, 0.1) is 6.07 Å². The summed E-state index contributed by atoms with van der Waals surface area (Å²) in [6.45, 7) is 3.55. The van der Waals surface area contributed by atoms with E-state index in [0.717, 1.165) is 32.2 Å². The topological polar surface area (TPSA) is 73.2 Å². The first-order chi connectivity index (χ1) is 9.57. The van der Waals surface area contributed by atoms with E-state index in [1.54, 1.807) is 0 Å². The standard InChI is InChI=1S/C15H23N3O2/c1-12(19)17-9-13-5-4-8-18(10-13)14(20)15(11-16)6-2-3-7-15/h13H,2-10H2,1H3,(H,17,19)/t13-/m0/s1. The van der Waals surface area contributed by atoms with E-state index in [1.165, 1.54) is 6.92 Å². The van der Waals surface area contributed by atoms with Crippen molar-refractivity contribution >= 4 is 11.8 Å². The number of amides is 2. The number of hydrogen-bond donors (Lipinski definition) is 1. The molecule has 0 aromatic carbocycles. The fourth-order valence-corrected chi connectivity index (χ4v) is 3.36. The van der Waals surface area contributed by atoms with Crippen LogP contribution >= 0.6 is 0 Å². The maximum absolute atomic E-state index is 12.7. The van der Waals surface area contributed by atoms with Crippen molar-refractivity contribution in [1.82, 2.24) is 10.2 Å². The van der Waals surface area contributed by atoms with Gasteiger partial charge < -0.3 is 10.2 Å². The van der Waals surface area contributed by atoms with Gasteiger partial charge in [-0.2, -0.15) is 5.26 Å². The van der Waals surface area contributed by atoms with E-state index in [-0.39, 0.29) is 11.8 Å². The highest BCUT2D eigenvalue weighted by molar-refractivity contribution is 5.86. The molecule has 2 aliphatic rings. The maximum atomic E-state index is 12.7. The lowest BCUT2D eigenvalue weighted by atomic mass is 9.85. The van der Waals surface area contributed by atoms with Crippen LogP contribution in [0.1, 0.15) is 45.4 Å². The normalized spacial score (nSPS) is 25.0. The second-order valence-electron chi connectivity index (χ2n) is 6.10. The van der Waals surface area contributed by atoms with Gasteiger partial charge in [0.25, 0.3) is 0 Å². The Kier molecular flexibility index (Phi) is 4.64. The number of nitriles is 1. The molecule has 0 aromatic heterocycles. The number of hydrogen-bond acceptors (Lipinski definition) is 3. The van der Waals surface area contributed by atoms with Crippen LogP contribution in [0.5, 0.6) is 0 Å². The maximum Gasteiger partial charge on any atom is 0.243 e. The minimum atomic E-state index is -0.768. The Labute approximate surface area is 120 Å². The first-order valence-electron chi connectivity index (χ1n) is 7.52. The van der Waals surface area contributed by atoms with Crippen molar-refractivity contribution in [3.05, 3.63) is 0 Å². The molecule has 2 fully saturated rings. The molecule has 1 saturated heterocycles. The molecule has 1 aliphatic carbocycles. The second kappa shape index (κ2) is 6.25. The van der Waals surface area contributed by atoms with Gasteiger partial charge in [-0.3, -0.25) is 9.59 Å². The van der Waals surface area contributed by atoms with Gasteiger partial charge in [-0.15, -0.1) is 0 Å². The number of rotatable bonds is 3. The SMILES string of the molecule is CC(=O)NC[C@@H]1CCCN(C(=O)C2(C#N)CCCC2)C1. The third-order valence-electron chi connectivity index (χ3n) is 4.53. The minimum absolute atomic E-state index is 0.0185. The molecule has 110 valence electrons. The van der Waals surface area contributed by atoms with Gasteiger partial charge in [0.2, 0.25) is 11.8 Å². The molecule has 0 aromatic rings. The van der Waals surface area contributed by atoms with Gasteiger partial charge >= 0.3 is 0 Å². The summed E-state index contributed by atoms with van der Waals surface area (Å²) in [6.07, 6.45) is 5.34. The molecular formula is C15H23N3O2. The van der Waals surface area contributed by atoms with E-state index in [2.05, 4.69) is 11.4 Å². The Morgan fingerprint density at radius 3 is 2.65 bits per heavy atom. The van der Waals surface area contributed by atoms with E-state index < -0.39 is 5.41 Å². The fraction of sp³-hybridized carbons (Fsp3) is 0.800. The lowest BCUT2D eigenvalue weighted by Gasteiger charge is -2.36. The van der Waals surface area contributed by atoms with E-state index in [4.69, 9.17) is 0 Å². The van der Waals surface area contributed by atoms with Crippen molar-refractivity contribution in [2.24, 2.45) is 11.3 Å². The molecule has 5 nitrogen and oxygen atoms in total. The van der Waals surface area contributed by atoms with Crippen molar-refractivity contribution in [1.29, 1.82) is 5.26 Å². The fourth-order valence-electron chi connectivity index (χ4n) is 3.36. The lowest BCUT2D eigenvalue weighted by Crippen LogP contribution is -2.48. The van der Waals surface area contributed by atoms with Gasteiger partial charge in [-0.1, -0.05) is 12.8 Å². The van der Waals surface area contributed by atoms with Gasteiger partial charge in [0, 0.05) is 26.6 Å². The number of likely N-dealkylation sites (tertiary alicyclic amines) is 1. The van der Waals surface area contributed by atoms with Crippen molar-refractivity contribution in [3.63, 3.8) is 0 Å². The van der Waals surface area contributed by atoms with Crippen LogP contribution in [-0.4, -0.2) is 36.3 Å². The molecule has 1 saturated carbocycles. The van der Waals surface area contributed by atoms with Crippen LogP contribution in [-0.2, 0) is 9.59 Å². The second-order valence-corrected chi connectivity index (χ2v) is 6.10. The van der Waals surface area contributed by atoms with E-state index in [9.17, 15) is 14.9 Å².